The molecule has 0 N–H and O–H groups in total. The number of thiazole rings is 1. The standard InChI is InChI=1S/C27H21NO4S/c1-3-32-27(31)22-16-28-26(33-22)23-20(24(29)18-10-6-4-7-11-18)14-17(2)15-21(23)25(30)19-12-8-5-9-13-19/h4-16H,3H2,1-2H3. The van der Waals surface area contributed by atoms with Gasteiger partial charge in [0.15, 0.2) is 11.6 Å². The van der Waals surface area contributed by atoms with Gasteiger partial charge in [-0.15, -0.1) is 11.3 Å². The Bertz CT molecular complexity index is 1250. The van der Waals surface area contributed by atoms with Crippen LogP contribution in [0, 0.1) is 6.92 Å². The van der Waals surface area contributed by atoms with E-state index in [2.05, 4.69) is 4.98 Å². The maximum absolute atomic E-state index is 13.5. The summed E-state index contributed by atoms with van der Waals surface area (Å²) in [6.07, 6.45) is 1.42. The van der Waals surface area contributed by atoms with Crippen molar-refractivity contribution < 1.29 is 19.1 Å². The van der Waals surface area contributed by atoms with E-state index in [9.17, 15) is 14.4 Å². The molecule has 6 heteroatoms. The molecule has 0 atom stereocenters. The zero-order chi connectivity index (χ0) is 23.4. The molecule has 0 aliphatic rings. The number of hydrogen-bond acceptors (Lipinski definition) is 6. The van der Waals surface area contributed by atoms with Gasteiger partial charge < -0.3 is 4.74 Å². The Morgan fingerprint density at radius 3 is 1.85 bits per heavy atom. The Kier molecular flexibility index (Phi) is 6.56. The molecule has 0 bridgehead atoms. The highest BCUT2D eigenvalue weighted by Crippen LogP contribution is 2.35. The number of esters is 1. The van der Waals surface area contributed by atoms with Crippen molar-refractivity contribution in [3.63, 3.8) is 0 Å². The van der Waals surface area contributed by atoms with Crippen LogP contribution in [0.2, 0.25) is 0 Å². The third-order valence-electron chi connectivity index (χ3n) is 5.04. The minimum atomic E-state index is -0.486. The SMILES string of the molecule is CCOC(=O)c1cnc(-c2c(C(=O)c3ccccc3)cc(C)cc2C(=O)c2ccccc2)s1. The Morgan fingerprint density at radius 2 is 1.36 bits per heavy atom. The Labute approximate surface area is 195 Å². The highest BCUT2D eigenvalue weighted by molar-refractivity contribution is 7.16. The molecule has 0 aliphatic carbocycles. The summed E-state index contributed by atoms with van der Waals surface area (Å²) >= 11 is 1.10. The monoisotopic (exact) mass is 455 g/mol. The van der Waals surface area contributed by atoms with Crippen molar-refractivity contribution in [2.45, 2.75) is 13.8 Å². The van der Waals surface area contributed by atoms with Crippen molar-refractivity contribution in [1.82, 2.24) is 4.98 Å². The lowest BCUT2D eigenvalue weighted by molar-refractivity contribution is 0.0531. The Balaban J connectivity index is 1.94. The molecule has 0 amide bonds. The van der Waals surface area contributed by atoms with E-state index in [-0.39, 0.29) is 18.2 Å². The molecule has 5 nitrogen and oxygen atoms in total. The number of aryl methyl sites for hydroxylation is 1. The largest absolute Gasteiger partial charge is 0.462 e. The van der Waals surface area contributed by atoms with E-state index in [1.807, 2.05) is 19.1 Å². The van der Waals surface area contributed by atoms with Crippen molar-refractivity contribution in [1.29, 1.82) is 0 Å². The van der Waals surface area contributed by atoms with Crippen LogP contribution in [-0.2, 0) is 4.74 Å². The van der Waals surface area contributed by atoms with E-state index in [1.54, 1.807) is 67.6 Å². The smallest absolute Gasteiger partial charge is 0.349 e. The number of aromatic nitrogens is 1. The van der Waals surface area contributed by atoms with E-state index >= 15 is 0 Å². The van der Waals surface area contributed by atoms with E-state index in [4.69, 9.17) is 4.74 Å². The van der Waals surface area contributed by atoms with Gasteiger partial charge in [0.25, 0.3) is 0 Å². The summed E-state index contributed by atoms with van der Waals surface area (Å²) in [6.45, 7) is 3.82. The van der Waals surface area contributed by atoms with Gasteiger partial charge >= 0.3 is 5.97 Å². The molecule has 0 spiro atoms. The summed E-state index contributed by atoms with van der Waals surface area (Å²) < 4.78 is 5.09. The number of benzene rings is 3. The van der Waals surface area contributed by atoms with Crippen LogP contribution in [0.15, 0.2) is 79.0 Å². The van der Waals surface area contributed by atoms with Crippen LogP contribution in [0.3, 0.4) is 0 Å². The predicted octanol–water partition coefficient (Wildman–Crippen LogP) is 5.76. The van der Waals surface area contributed by atoms with Gasteiger partial charge in [0, 0.05) is 27.8 Å². The Hall–Kier alpha value is -3.90. The van der Waals surface area contributed by atoms with Crippen LogP contribution in [-0.4, -0.2) is 29.1 Å². The van der Waals surface area contributed by atoms with Crippen molar-refractivity contribution in [2.75, 3.05) is 6.61 Å². The first-order valence-electron chi connectivity index (χ1n) is 10.5. The molecule has 0 saturated carbocycles. The number of ether oxygens (including phenoxy) is 1. The van der Waals surface area contributed by atoms with Gasteiger partial charge in [0.05, 0.1) is 12.8 Å². The lowest BCUT2D eigenvalue weighted by atomic mass is 9.89. The van der Waals surface area contributed by atoms with Gasteiger partial charge in [-0.05, 0) is 31.5 Å². The highest BCUT2D eigenvalue weighted by atomic mass is 32.1. The second-order valence-corrected chi connectivity index (χ2v) is 8.41. The average Bonchev–Trinajstić information content (AvgIpc) is 3.34. The van der Waals surface area contributed by atoms with Crippen LogP contribution in [0.5, 0.6) is 0 Å². The number of hydrogen-bond donors (Lipinski definition) is 0. The molecule has 0 radical (unpaired) electrons. The molecule has 0 fully saturated rings. The number of nitrogens with zero attached hydrogens (tertiary/aromatic N) is 1. The van der Waals surface area contributed by atoms with Crippen LogP contribution in [0.4, 0.5) is 0 Å². The van der Waals surface area contributed by atoms with Crippen molar-refractivity contribution in [2.24, 2.45) is 0 Å². The fourth-order valence-electron chi connectivity index (χ4n) is 3.55. The van der Waals surface area contributed by atoms with Crippen molar-refractivity contribution in [3.05, 3.63) is 112 Å². The quantitative estimate of drug-likeness (QED) is 0.262. The summed E-state index contributed by atoms with van der Waals surface area (Å²) in [5, 5.41) is 0.414. The summed E-state index contributed by atoms with van der Waals surface area (Å²) in [5.41, 5.74) is 2.94. The fraction of sp³-hybridized carbons (Fsp3) is 0.111. The van der Waals surface area contributed by atoms with Crippen LogP contribution < -0.4 is 0 Å². The summed E-state index contributed by atoms with van der Waals surface area (Å²) in [6, 6.07) is 21.3. The minimum Gasteiger partial charge on any atom is -0.462 e. The Morgan fingerprint density at radius 1 is 0.848 bits per heavy atom. The third-order valence-corrected chi connectivity index (χ3v) is 6.03. The molecule has 4 aromatic rings. The highest BCUT2D eigenvalue weighted by Gasteiger charge is 2.26. The number of carbonyl (C=O) groups is 3. The first-order chi connectivity index (χ1) is 16.0. The van der Waals surface area contributed by atoms with E-state index in [1.165, 1.54) is 6.20 Å². The molecular weight excluding hydrogens is 434 g/mol. The molecule has 1 heterocycles. The van der Waals surface area contributed by atoms with E-state index in [0.717, 1.165) is 16.9 Å². The minimum absolute atomic E-state index is 0.218. The first-order valence-corrected chi connectivity index (χ1v) is 11.3. The van der Waals surface area contributed by atoms with Crippen LogP contribution >= 0.6 is 11.3 Å². The molecule has 3 aromatic carbocycles. The maximum Gasteiger partial charge on any atom is 0.349 e. The van der Waals surface area contributed by atoms with Crippen LogP contribution in [0.25, 0.3) is 10.6 Å². The summed E-state index contributed by atoms with van der Waals surface area (Å²) in [4.78, 5) is 44.0. The zero-order valence-corrected chi connectivity index (χ0v) is 19.0. The number of ketones is 2. The number of carbonyl (C=O) groups excluding carboxylic acids is 3. The normalized spacial score (nSPS) is 10.6. The third kappa shape index (κ3) is 4.66. The van der Waals surface area contributed by atoms with Crippen molar-refractivity contribution in [3.8, 4) is 10.6 Å². The second kappa shape index (κ2) is 9.71. The molecule has 0 unspecified atom stereocenters. The average molecular weight is 456 g/mol. The lowest BCUT2D eigenvalue weighted by Gasteiger charge is -2.14. The van der Waals surface area contributed by atoms with Gasteiger partial charge in [-0.2, -0.15) is 0 Å². The van der Waals surface area contributed by atoms with E-state index < -0.39 is 5.97 Å². The van der Waals surface area contributed by atoms with E-state index in [0.29, 0.717) is 37.7 Å². The lowest BCUT2D eigenvalue weighted by Crippen LogP contribution is -2.11. The predicted molar refractivity (Wildman–Crippen MR) is 128 cm³/mol. The molecule has 164 valence electrons. The van der Waals surface area contributed by atoms with Gasteiger partial charge in [0.2, 0.25) is 0 Å². The summed E-state index contributed by atoms with van der Waals surface area (Å²) in [5.74, 6) is -0.922. The molecule has 1 aromatic heterocycles. The molecule has 4 rings (SSSR count). The number of rotatable bonds is 7. The van der Waals surface area contributed by atoms with Crippen molar-refractivity contribution >= 4 is 28.9 Å². The van der Waals surface area contributed by atoms with Gasteiger partial charge in [-0.1, -0.05) is 60.7 Å². The molecular formula is C27H21NO4S. The molecule has 0 saturated heterocycles. The topological polar surface area (TPSA) is 73.3 Å². The maximum atomic E-state index is 13.5. The second-order valence-electron chi connectivity index (χ2n) is 7.38. The van der Waals surface area contributed by atoms with Gasteiger partial charge in [-0.3, -0.25) is 9.59 Å². The van der Waals surface area contributed by atoms with Gasteiger partial charge in [0.1, 0.15) is 9.88 Å². The first kappa shape index (κ1) is 22.3. The summed E-state index contributed by atoms with van der Waals surface area (Å²) in [7, 11) is 0. The van der Waals surface area contributed by atoms with Gasteiger partial charge in [-0.25, -0.2) is 9.78 Å². The fourth-order valence-corrected chi connectivity index (χ4v) is 4.43. The molecule has 0 aliphatic heterocycles. The zero-order valence-electron chi connectivity index (χ0n) is 18.2. The van der Waals surface area contributed by atoms with Crippen LogP contribution in [0.1, 0.15) is 54.0 Å². The molecule has 33 heavy (non-hydrogen) atoms.